The summed E-state index contributed by atoms with van der Waals surface area (Å²) in [5.41, 5.74) is 2.20. The Morgan fingerprint density at radius 2 is 2.00 bits per heavy atom. The van der Waals surface area contributed by atoms with Gasteiger partial charge >= 0.3 is 0 Å². The van der Waals surface area contributed by atoms with Crippen molar-refractivity contribution in [1.29, 1.82) is 0 Å². The summed E-state index contributed by atoms with van der Waals surface area (Å²) in [7, 11) is 0. The van der Waals surface area contributed by atoms with Crippen LogP contribution in [-0.2, 0) is 6.54 Å². The van der Waals surface area contributed by atoms with E-state index >= 15 is 0 Å². The smallest absolute Gasteiger partial charge is 0.145 e. The first-order chi connectivity index (χ1) is 9.13. The van der Waals surface area contributed by atoms with Gasteiger partial charge in [0.25, 0.3) is 0 Å². The molecule has 0 fully saturated rings. The third kappa shape index (κ3) is 4.38. The fourth-order valence-electron chi connectivity index (χ4n) is 1.69. The Labute approximate surface area is 114 Å². The molecule has 100 valence electrons. The second-order valence-electron chi connectivity index (χ2n) is 4.92. The van der Waals surface area contributed by atoms with Crippen LogP contribution in [0.2, 0.25) is 0 Å². The molecule has 19 heavy (non-hydrogen) atoms. The highest BCUT2D eigenvalue weighted by molar-refractivity contribution is 5.33. The molecule has 0 atom stereocenters. The molecule has 1 N–H and O–H groups in total. The highest BCUT2D eigenvalue weighted by atomic mass is 16.5. The van der Waals surface area contributed by atoms with Crippen molar-refractivity contribution in [2.75, 3.05) is 0 Å². The highest BCUT2D eigenvalue weighted by Gasteiger charge is 2.00. The van der Waals surface area contributed by atoms with E-state index in [0.29, 0.717) is 6.04 Å². The summed E-state index contributed by atoms with van der Waals surface area (Å²) < 4.78 is 5.79. The maximum atomic E-state index is 5.79. The van der Waals surface area contributed by atoms with Gasteiger partial charge in [-0.05, 0) is 36.8 Å². The lowest BCUT2D eigenvalue weighted by Crippen LogP contribution is -2.21. The summed E-state index contributed by atoms with van der Waals surface area (Å²) in [6.07, 6.45) is 1.74. The molecule has 2 aromatic rings. The van der Waals surface area contributed by atoms with Gasteiger partial charge in [-0.15, -0.1) is 0 Å². The average molecular weight is 256 g/mol. The van der Waals surface area contributed by atoms with Crippen molar-refractivity contribution in [3.63, 3.8) is 0 Å². The van der Waals surface area contributed by atoms with E-state index in [1.807, 2.05) is 31.2 Å². The Balaban J connectivity index is 2.04. The zero-order chi connectivity index (χ0) is 13.7. The average Bonchev–Trinajstić information content (AvgIpc) is 2.40. The van der Waals surface area contributed by atoms with Crippen LogP contribution in [-0.4, -0.2) is 11.0 Å². The number of hydrogen-bond acceptors (Lipinski definition) is 3. The molecule has 3 nitrogen and oxygen atoms in total. The molecule has 0 radical (unpaired) electrons. The number of hydrogen-bond donors (Lipinski definition) is 1. The topological polar surface area (TPSA) is 34.1 Å². The predicted octanol–water partition coefficient (Wildman–Crippen LogP) is 3.68. The van der Waals surface area contributed by atoms with Gasteiger partial charge in [0.2, 0.25) is 0 Å². The summed E-state index contributed by atoms with van der Waals surface area (Å²) in [6, 6.07) is 12.5. The number of aromatic nitrogens is 1. The van der Waals surface area contributed by atoms with Gasteiger partial charge in [-0.2, -0.15) is 0 Å². The second-order valence-corrected chi connectivity index (χ2v) is 4.92. The molecule has 0 unspecified atom stereocenters. The summed E-state index contributed by atoms with van der Waals surface area (Å²) in [6.45, 7) is 7.08. The van der Waals surface area contributed by atoms with Crippen LogP contribution in [0, 0.1) is 6.92 Å². The van der Waals surface area contributed by atoms with Crippen molar-refractivity contribution < 1.29 is 4.74 Å². The van der Waals surface area contributed by atoms with Crippen molar-refractivity contribution in [1.82, 2.24) is 10.3 Å². The Morgan fingerprint density at radius 3 is 2.68 bits per heavy atom. The summed E-state index contributed by atoms with van der Waals surface area (Å²) in [5.74, 6) is 1.60. The first-order valence-corrected chi connectivity index (χ1v) is 6.56. The minimum absolute atomic E-state index is 0.478. The molecular weight excluding hydrogens is 236 g/mol. The predicted molar refractivity (Wildman–Crippen MR) is 77.5 cm³/mol. The number of ether oxygens (including phenoxy) is 1. The Morgan fingerprint density at radius 1 is 1.16 bits per heavy atom. The first-order valence-electron chi connectivity index (χ1n) is 6.56. The summed E-state index contributed by atoms with van der Waals surface area (Å²) in [4.78, 5) is 4.22. The van der Waals surface area contributed by atoms with Gasteiger partial charge in [-0.1, -0.05) is 26.0 Å². The van der Waals surface area contributed by atoms with E-state index in [2.05, 4.69) is 36.3 Å². The molecule has 0 saturated carbocycles. The standard InChI is InChI=1S/C16H20N2O/c1-12(2)17-10-14-5-4-6-15(9-14)19-16-8-7-13(3)18-11-16/h4-9,11-12,17H,10H2,1-3H3. The SMILES string of the molecule is Cc1ccc(Oc2cccc(CNC(C)C)c2)cn1. The molecule has 0 amide bonds. The van der Waals surface area contributed by atoms with Crippen LogP contribution in [0.3, 0.4) is 0 Å². The van der Waals surface area contributed by atoms with E-state index in [4.69, 9.17) is 4.74 Å². The Bertz CT molecular complexity index is 521. The minimum Gasteiger partial charge on any atom is -0.456 e. The molecule has 2 rings (SSSR count). The van der Waals surface area contributed by atoms with Crippen LogP contribution < -0.4 is 10.1 Å². The second kappa shape index (κ2) is 6.34. The van der Waals surface area contributed by atoms with Crippen LogP contribution in [0.5, 0.6) is 11.5 Å². The monoisotopic (exact) mass is 256 g/mol. The fraction of sp³-hybridized carbons (Fsp3) is 0.312. The normalized spacial score (nSPS) is 10.7. The van der Waals surface area contributed by atoms with Crippen LogP contribution in [0.15, 0.2) is 42.6 Å². The molecule has 3 heteroatoms. The van der Waals surface area contributed by atoms with Crippen LogP contribution >= 0.6 is 0 Å². The van der Waals surface area contributed by atoms with E-state index in [1.165, 1.54) is 5.56 Å². The van der Waals surface area contributed by atoms with E-state index in [0.717, 1.165) is 23.7 Å². The number of benzene rings is 1. The van der Waals surface area contributed by atoms with Gasteiger partial charge in [-0.3, -0.25) is 4.98 Å². The van der Waals surface area contributed by atoms with Crippen molar-refractivity contribution in [2.24, 2.45) is 0 Å². The molecule has 1 aromatic carbocycles. The zero-order valence-corrected chi connectivity index (χ0v) is 11.7. The summed E-state index contributed by atoms with van der Waals surface area (Å²) in [5, 5.41) is 3.39. The highest BCUT2D eigenvalue weighted by Crippen LogP contribution is 2.21. The third-order valence-electron chi connectivity index (χ3n) is 2.73. The van der Waals surface area contributed by atoms with Crippen molar-refractivity contribution >= 4 is 0 Å². The molecule has 1 heterocycles. The molecule has 1 aromatic heterocycles. The van der Waals surface area contributed by atoms with Gasteiger partial charge < -0.3 is 10.1 Å². The fourth-order valence-corrected chi connectivity index (χ4v) is 1.69. The van der Waals surface area contributed by atoms with Gasteiger partial charge in [0.15, 0.2) is 0 Å². The lowest BCUT2D eigenvalue weighted by atomic mass is 10.2. The van der Waals surface area contributed by atoms with Crippen LogP contribution in [0.1, 0.15) is 25.1 Å². The molecule has 0 aliphatic heterocycles. The number of nitrogens with zero attached hydrogens (tertiary/aromatic N) is 1. The molecular formula is C16H20N2O. The zero-order valence-electron chi connectivity index (χ0n) is 11.7. The Hall–Kier alpha value is -1.87. The number of aryl methyl sites for hydroxylation is 1. The van der Waals surface area contributed by atoms with E-state index < -0.39 is 0 Å². The van der Waals surface area contributed by atoms with Crippen molar-refractivity contribution in [3.8, 4) is 11.5 Å². The van der Waals surface area contributed by atoms with Crippen LogP contribution in [0.25, 0.3) is 0 Å². The van der Waals surface area contributed by atoms with Crippen LogP contribution in [0.4, 0.5) is 0 Å². The first kappa shape index (κ1) is 13.6. The summed E-state index contributed by atoms with van der Waals surface area (Å²) >= 11 is 0. The quantitative estimate of drug-likeness (QED) is 0.886. The largest absolute Gasteiger partial charge is 0.456 e. The van der Waals surface area contributed by atoms with Gasteiger partial charge in [0, 0.05) is 18.3 Å². The lowest BCUT2D eigenvalue weighted by Gasteiger charge is -2.10. The minimum atomic E-state index is 0.478. The maximum absolute atomic E-state index is 5.79. The Kier molecular flexibility index (Phi) is 4.53. The van der Waals surface area contributed by atoms with E-state index in [-0.39, 0.29) is 0 Å². The van der Waals surface area contributed by atoms with Crippen molar-refractivity contribution in [3.05, 3.63) is 53.9 Å². The number of rotatable bonds is 5. The van der Waals surface area contributed by atoms with Gasteiger partial charge in [-0.25, -0.2) is 0 Å². The number of pyridine rings is 1. The third-order valence-corrected chi connectivity index (χ3v) is 2.73. The lowest BCUT2D eigenvalue weighted by molar-refractivity contribution is 0.478. The van der Waals surface area contributed by atoms with E-state index in [9.17, 15) is 0 Å². The van der Waals surface area contributed by atoms with Gasteiger partial charge in [0.05, 0.1) is 6.20 Å². The molecule has 0 aliphatic carbocycles. The maximum Gasteiger partial charge on any atom is 0.145 e. The molecule has 0 bridgehead atoms. The number of nitrogens with one attached hydrogen (secondary N) is 1. The van der Waals surface area contributed by atoms with Crippen molar-refractivity contribution in [2.45, 2.75) is 33.4 Å². The van der Waals surface area contributed by atoms with E-state index in [1.54, 1.807) is 6.20 Å². The van der Waals surface area contributed by atoms with Gasteiger partial charge in [0.1, 0.15) is 11.5 Å². The molecule has 0 aliphatic rings. The molecule has 0 saturated heterocycles. The molecule has 0 spiro atoms.